The molecule has 2 aromatic heterocycles. The molecule has 0 amide bonds. The summed E-state index contributed by atoms with van der Waals surface area (Å²) in [4.78, 5) is 10.00. The fourth-order valence-corrected chi connectivity index (χ4v) is 2.43. The monoisotopic (exact) mass is 358 g/mol. The number of H-pyrrole nitrogens is 1. The van der Waals surface area contributed by atoms with Gasteiger partial charge in [0.25, 0.3) is 0 Å². The van der Waals surface area contributed by atoms with E-state index in [1.54, 1.807) is 24.5 Å². The van der Waals surface area contributed by atoms with Crippen LogP contribution in [-0.4, -0.2) is 20.7 Å². The minimum Gasteiger partial charge on any atom is -0.404 e. The van der Waals surface area contributed by atoms with Gasteiger partial charge in [0.05, 0.1) is 11.8 Å². The van der Waals surface area contributed by atoms with Crippen LogP contribution in [-0.2, 0) is 6.18 Å². The number of benzene rings is 1. The van der Waals surface area contributed by atoms with E-state index in [1.807, 2.05) is 24.3 Å². The Balaban J connectivity index is 1.88. The molecule has 2 heterocycles. The molecule has 0 spiro atoms. The highest BCUT2D eigenvalue weighted by atomic mass is 19.4. The summed E-state index contributed by atoms with van der Waals surface area (Å²) >= 11 is 0. The first-order chi connectivity index (χ1) is 12.4. The smallest absolute Gasteiger partial charge is 0.404 e. The fourth-order valence-electron chi connectivity index (χ4n) is 2.43. The third-order valence-corrected chi connectivity index (χ3v) is 3.77. The topological polar surface area (TPSA) is 93.2 Å². The molecule has 5 nitrogen and oxygen atoms in total. The standard InChI is InChI=1S/C18H14F3N5/c19-18(20,21)15-10-25-17(26-15)16(23)11(7-22)5-6-13-9-24-8-12-3-1-2-4-14(12)13/h1-10,23H,22H2,(H,25,26)/p+1. The third kappa shape index (κ3) is 3.49. The normalized spacial score (nSPS) is 12.8. The summed E-state index contributed by atoms with van der Waals surface area (Å²) in [7, 11) is 0. The van der Waals surface area contributed by atoms with Crippen LogP contribution in [0, 0.1) is 0 Å². The number of nitrogens with one attached hydrogen (secondary N) is 1. The van der Waals surface area contributed by atoms with Gasteiger partial charge in [0.15, 0.2) is 0 Å². The molecule has 0 radical (unpaired) electrons. The van der Waals surface area contributed by atoms with Crippen molar-refractivity contribution in [2.24, 2.45) is 5.73 Å². The lowest BCUT2D eigenvalue weighted by molar-refractivity contribution is -0.140. The molecule has 3 aromatic rings. The maximum Gasteiger partial charge on any atom is 0.432 e. The molecule has 0 aliphatic carbocycles. The van der Waals surface area contributed by atoms with Crippen molar-refractivity contribution in [3.63, 3.8) is 0 Å². The molecule has 5 N–H and O–H groups in total. The summed E-state index contributed by atoms with van der Waals surface area (Å²) in [5.41, 5.74) is 5.77. The molecule has 0 unspecified atom stereocenters. The lowest BCUT2D eigenvalue weighted by atomic mass is 10.1. The van der Waals surface area contributed by atoms with E-state index in [9.17, 15) is 13.2 Å². The minimum absolute atomic E-state index is 0.00689. The molecular formula is C18H15F3N5+. The number of halogens is 3. The van der Waals surface area contributed by atoms with Crippen LogP contribution in [0.5, 0.6) is 0 Å². The SMILES string of the molecule is NC=C(C=Cc1cncc2ccccc12)C(=[NH2+])c1ncc(C(F)(F)F)[nH]1. The van der Waals surface area contributed by atoms with Crippen molar-refractivity contribution >= 4 is 22.6 Å². The molecule has 8 heteroatoms. The number of nitrogens with zero attached hydrogens (tertiary/aromatic N) is 2. The fraction of sp³-hybridized carbons (Fsp3) is 0.0556. The van der Waals surface area contributed by atoms with Crippen LogP contribution < -0.4 is 11.1 Å². The highest BCUT2D eigenvalue weighted by Gasteiger charge is 2.34. The average molecular weight is 358 g/mol. The second-order valence-electron chi connectivity index (χ2n) is 5.46. The van der Waals surface area contributed by atoms with E-state index in [4.69, 9.17) is 11.1 Å². The Labute approximate surface area is 146 Å². The number of fused-ring (bicyclic) bond motifs is 1. The molecule has 132 valence electrons. The van der Waals surface area contributed by atoms with E-state index in [-0.39, 0.29) is 11.5 Å². The number of alkyl halides is 3. The van der Waals surface area contributed by atoms with Crippen molar-refractivity contribution in [2.45, 2.75) is 6.18 Å². The van der Waals surface area contributed by atoms with Crippen LogP contribution in [0.3, 0.4) is 0 Å². The van der Waals surface area contributed by atoms with Crippen LogP contribution in [0.15, 0.2) is 60.7 Å². The summed E-state index contributed by atoms with van der Waals surface area (Å²) < 4.78 is 38.1. The van der Waals surface area contributed by atoms with Gasteiger partial charge in [-0.1, -0.05) is 30.3 Å². The van der Waals surface area contributed by atoms with E-state index in [0.717, 1.165) is 16.3 Å². The van der Waals surface area contributed by atoms with Gasteiger partial charge >= 0.3 is 6.18 Å². The number of aromatic amines is 1. The maximum absolute atomic E-state index is 12.7. The van der Waals surface area contributed by atoms with Crippen LogP contribution in [0.2, 0.25) is 0 Å². The van der Waals surface area contributed by atoms with Crippen molar-refractivity contribution in [1.82, 2.24) is 15.0 Å². The molecule has 0 saturated heterocycles. The Hall–Kier alpha value is -3.42. The first kappa shape index (κ1) is 17.4. The summed E-state index contributed by atoms with van der Waals surface area (Å²) in [5, 5.41) is 7.87. The summed E-state index contributed by atoms with van der Waals surface area (Å²) in [6.45, 7) is 0. The Morgan fingerprint density at radius 1 is 1.15 bits per heavy atom. The van der Waals surface area contributed by atoms with E-state index in [0.29, 0.717) is 11.8 Å². The number of allylic oxidation sites excluding steroid dienone is 2. The van der Waals surface area contributed by atoms with Gasteiger partial charge in [-0.15, -0.1) is 0 Å². The zero-order valence-electron chi connectivity index (χ0n) is 13.5. The van der Waals surface area contributed by atoms with Crippen molar-refractivity contribution < 1.29 is 18.6 Å². The van der Waals surface area contributed by atoms with E-state index in [2.05, 4.69) is 15.0 Å². The van der Waals surface area contributed by atoms with Gasteiger partial charge in [-0.05, 0) is 11.5 Å². The van der Waals surface area contributed by atoms with Crippen molar-refractivity contribution in [1.29, 1.82) is 0 Å². The number of hydrogen-bond donors (Lipinski definition) is 3. The second kappa shape index (κ2) is 6.83. The summed E-state index contributed by atoms with van der Waals surface area (Å²) in [5.74, 6) is -0.102. The Morgan fingerprint density at radius 2 is 1.92 bits per heavy atom. The van der Waals surface area contributed by atoms with Gasteiger partial charge in [0, 0.05) is 29.5 Å². The van der Waals surface area contributed by atoms with E-state index in [1.165, 1.54) is 6.20 Å². The zero-order chi connectivity index (χ0) is 18.7. The van der Waals surface area contributed by atoms with Gasteiger partial charge < -0.3 is 10.7 Å². The van der Waals surface area contributed by atoms with Gasteiger partial charge in [-0.2, -0.15) is 13.2 Å². The largest absolute Gasteiger partial charge is 0.432 e. The average Bonchev–Trinajstić information content (AvgIpc) is 3.12. The van der Waals surface area contributed by atoms with Crippen LogP contribution >= 0.6 is 0 Å². The molecule has 0 bridgehead atoms. The van der Waals surface area contributed by atoms with Gasteiger partial charge in [-0.3, -0.25) is 10.4 Å². The molecule has 26 heavy (non-hydrogen) atoms. The van der Waals surface area contributed by atoms with Crippen LogP contribution in [0.1, 0.15) is 17.1 Å². The zero-order valence-corrected chi connectivity index (χ0v) is 13.5. The summed E-state index contributed by atoms with van der Waals surface area (Å²) in [6, 6.07) is 7.68. The van der Waals surface area contributed by atoms with Gasteiger partial charge in [0.1, 0.15) is 5.69 Å². The van der Waals surface area contributed by atoms with Crippen LogP contribution in [0.25, 0.3) is 16.8 Å². The lowest BCUT2D eigenvalue weighted by Gasteiger charge is -2.02. The van der Waals surface area contributed by atoms with Crippen molar-refractivity contribution in [2.75, 3.05) is 0 Å². The molecule has 1 aromatic carbocycles. The predicted molar refractivity (Wildman–Crippen MR) is 92.7 cm³/mol. The Bertz CT molecular complexity index is 1010. The number of imidazole rings is 1. The lowest BCUT2D eigenvalue weighted by Crippen LogP contribution is -2.42. The number of nitrogens with two attached hydrogens (primary N) is 2. The number of hydrogen-bond acceptors (Lipinski definition) is 3. The molecule has 0 aliphatic heterocycles. The molecule has 0 atom stereocenters. The predicted octanol–water partition coefficient (Wildman–Crippen LogP) is 2.08. The number of pyridine rings is 1. The van der Waals surface area contributed by atoms with E-state index >= 15 is 0 Å². The Kier molecular flexibility index (Phi) is 4.57. The van der Waals surface area contributed by atoms with Gasteiger partial charge in [-0.25, -0.2) is 4.98 Å². The van der Waals surface area contributed by atoms with Crippen molar-refractivity contribution in [3.8, 4) is 0 Å². The molecular weight excluding hydrogens is 343 g/mol. The van der Waals surface area contributed by atoms with E-state index < -0.39 is 11.9 Å². The quantitative estimate of drug-likeness (QED) is 0.492. The first-order valence-electron chi connectivity index (χ1n) is 7.58. The van der Waals surface area contributed by atoms with Crippen molar-refractivity contribution in [3.05, 3.63) is 77.8 Å². The maximum atomic E-state index is 12.7. The Morgan fingerprint density at radius 3 is 2.62 bits per heavy atom. The van der Waals surface area contributed by atoms with Gasteiger partial charge in [0.2, 0.25) is 11.5 Å². The molecule has 0 fully saturated rings. The molecule has 3 rings (SSSR count). The molecule has 0 aliphatic rings. The molecule has 0 saturated carbocycles. The first-order valence-corrected chi connectivity index (χ1v) is 7.58. The summed E-state index contributed by atoms with van der Waals surface area (Å²) in [6.07, 6.45) is 4.15. The number of aromatic nitrogens is 3. The second-order valence-corrected chi connectivity index (χ2v) is 5.46. The highest BCUT2D eigenvalue weighted by Crippen LogP contribution is 2.27. The highest BCUT2D eigenvalue weighted by molar-refractivity contribution is 6.08. The third-order valence-electron chi connectivity index (χ3n) is 3.77. The van der Waals surface area contributed by atoms with Crippen LogP contribution in [0.4, 0.5) is 13.2 Å². The number of rotatable bonds is 4. The minimum atomic E-state index is -4.53.